The number of hydrogen-bond donors (Lipinski definition) is 2. The number of hydrogen-bond acceptors (Lipinski definition) is 5. The SMILES string of the molecule is C[C@H](CO)N1C[C@H](C)[C@H](CN(C)C(=O)Nc2ccc(F)cc2)Oc2ncc(C#Cc3ccc(F)cc3)cc2C1=O. The van der Waals surface area contributed by atoms with Crippen LogP contribution in [0.4, 0.5) is 19.3 Å². The van der Waals surface area contributed by atoms with Gasteiger partial charge >= 0.3 is 6.03 Å². The van der Waals surface area contributed by atoms with Crippen LogP contribution in [-0.2, 0) is 0 Å². The highest BCUT2D eigenvalue weighted by atomic mass is 19.1. The zero-order chi connectivity index (χ0) is 28.8. The molecule has 1 aromatic heterocycles. The van der Waals surface area contributed by atoms with Crippen molar-refractivity contribution in [3.8, 4) is 17.7 Å². The Bertz CT molecular complexity index is 1420. The number of aliphatic hydroxyl groups excluding tert-OH is 1. The number of aliphatic hydroxyl groups is 1. The number of likely N-dealkylation sites (N-methyl/N-ethyl adjacent to an activating group) is 1. The van der Waals surface area contributed by atoms with Gasteiger partial charge in [0.25, 0.3) is 5.91 Å². The number of amides is 3. The van der Waals surface area contributed by atoms with Gasteiger partial charge in [-0.1, -0.05) is 18.8 Å². The molecular formula is C30H30F2N4O4. The van der Waals surface area contributed by atoms with Crippen LogP contribution in [0.25, 0.3) is 0 Å². The van der Waals surface area contributed by atoms with Gasteiger partial charge < -0.3 is 25.0 Å². The summed E-state index contributed by atoms with van der Waals surface area (Å²) in [4.78, 5) is 33.8. The van der Waals surface area contributed by atoms with E-state index in [1.807, 2.05) is 6.92 Å². The molecule has 0 spiro atoms. The van der Waals surface area contributed by atoms with Crippen LogP contribution in [0.3, 0.4) is 0 Å². The number of rotatable bonds is 5. The summed E-state index contributed by atoms with van der Waals surface area (Å²) in [5, 5.41) is 12.6. The number of ether oxygens (including phenoxy) is 1. The number of anilines is 1. The third-order valence-corrected chi connectivity index (χ3v) is 6.61. The van der Waals surface area contributed by atoms with Gasteiger partial charge in [-0.25, -0.2) is 18.6 Å². The maximum atomic E-state index is 13.6. The molecule has 2 heterocycles. The van der Waals surface area contributed by atoms with Gasteiger partial charge in [-0.15, -0.1) is 0 Å². The minimum Gasteiger partial charge on any atom is -0.472 e. The molecule has 3 aromatic rings. The van der Waals surface area contributed by atoms with Gasteiger partial charge in [-0.3, -0.25) is 4.79 Å². The Hall–Kier alpha value is -4.49. The molecule has 1 aliphatic heterocycles. The predicted molar refractivity (Wildman–Crippen MR) is 146 cm³/mol. The van der Waals surface area contributed by atoms with Crippen molar-refractivity contribution in [1.82, 2.24) is 14.8 Å². The average Bonchev–Trinajstić information content (AvgIpc) is 2.95. The van der Waals surface area contributed by atoms with E-state index in [1.54, 1.807) is 37.1 Å². The molecule has 3 amide bonds. The Morgan fingerprint density at radius 1 is 1.15 bits per heavy atom. The molecule has 0 radical (unpaired) electrons. The first-order valence-corrected chi connectivity index (χ1v) is 12.8. The number of aromatic nitrogens is 1. The molecule has 1 aliphatic rings. The van der Waals surface area contributed by atoms with E-state index >= 15 is 0 Å². The highest BCUT2D eigenvalue weighted by Gasteiger charge is 2.34. The summed E-state index contributed by atoms with van der Waals surface area (Å²) in [6.07, 6.45) is 0.935. The van der Waals surface area contributed by atoms with Crippen LogP contribution >= 0.6 is 0 Å². The van der Waals surface area contributed by atoms with Crippen molar-refractivity contribution in [2.45, 2.75) is 26.0 Å². The van der Waals surface area contributed by atoms with Crippen molar-refractivity contribution < 1.29 is 28.2 Å². The highest BCUT2D eigenvalue weighted by molar-refractivity contribution is 5.97. The second-order valence-electron chi connectivity index (χ2n) is 9.77. The van der Waals surface area contributed by atoms with Crippen molar-refractivity contribution in [2.24, 2.45) is 5.92 Å². The quantitative estimate of drug-likeness (QED) is 0.468. The third-order valence-electron chi connectivity index (χ3n) is 6.61. The summed E-state index contributed by atoms with van der Waals surface area (Å²) in [6.45, 7) is 3.83. The number of carbonyl (C=O) groups excluding carboxylic acids is 2. The Labute approximate surface area is 231 Å². The second kappa shape index (κ2) is 12.6. The van der Waals surface area contributed by atoms with Gasteiger partial charge in [0, 0.05) is 42.5 Å². The van der Waals surface area contributed by atoms with Crippen molar-refractivity contribution >= 4 is 17.6 Å². The zero-order valence-electron chi connectivity index (χ0n) is 22.4. The van der Waals surface area contributed by atoms with E-state index in [0.717, 1.165) is 0 Å². The van der Waals surface area contributed by atoms with E-state index in [0.29, 0.717) is 16.8 Å². The monoisotopic (exact) mass is 548 g/mol. The first-order chi connectivity index (χ1) is 19.1. The second-order valence-corrected chi connectivity index (χ2v) is 9.77. The van der Waals surface area contributed by atoms with Gasteiger partial charge in [-0.05, 0) is 61.5 Å². The van der Waals surface area contributed by atoms with E-state index < -0.39 is 24.0 Å². The number of halogens is 2. The molecule has 4 rings (SSSR count). The Kier molecular flexibility index (Phi) is 8.97. The normalized spacial score (nSPS) is 17.4. The van der Waals surface area contributed by atoms with E-state index in [2.05, 4.69) is 22.1 Å². The molecule has 0 bridgehead atoms. The molecular weight excluding hydrogens is 518 g/mol. The maximum Gasteiger partial charge on any atom is 0.321 e. The predicted octanol–water partition coefficient (Wildman–Crippen LogP) is 4.14. The van der Waals surface area contributed by atoms with Crippen LogP contribution in [0.1, 0.15) is 35.3 Å². The molecule has 0 saturated heterocycles. The first-order valence-electron chi connectivity index (χ1n) is 12.8. The number of nitrogens with zero attached hydrogens (tertiary/aromatic N) is 3. The van der Waals surface area contributed by atoms with Gasteiger partial charge in [0.1, 0.15) is 23.3 Å². The van der Waals surface area contributed by atoms with E-state index in [9.17, 15) is 23.5 Å². The molecule has 0 unspecified atom stereocenters. The number of carbonyl (C=O) groups is 2. The fourth-order valence-corrected chi connectivity index (χ4v) is 4.17. The Morgan fingerprint density at radius 3 is 2.42 bits per heavy atom. The number of benzene rings is 2. The molecule has 0 fully saturated rings. The molecule has 0 saturated carbocycles. The number of pyridine rings is 1. The van der Waals surface area contributed by atoms with Crippen molar-refractivity contribution in [3.63, 3.8) is 0 Å². The summed E-state index contributed by atoms with van der Waals surface area (Å²) in [6, 6.07) is 11.9. The van der Waals surface area contributed by atoms with Crippen molar-refractivity contribution in [2.75, 3.05) is 32.1 Å². The topological polar surface area (TPSA) is 95.0 Å². The van der Waals surface area contributed by atoms with E-state index in [1.165, 1.54) is 47.5 Å². The van der Waals surface area contributed by atoms with Gasteiger partial charge in [-0.2, -0.15) is 0 Å². The van der Waals surface area contributed by atoms with Gasteiger partial charge in [0.2, 0.25) is 5.88 Å². The number of fused-ring (bicyclic) bond motifs is 1. The lowest BCUT2D eigenvalue weighted by Gasteiger charge is -2.37. The van der Waals surface area contributed by atoms with Crippen molar-refractivity contribution in [3.05, 3.63) is 89.1 Å². The fraction of sp³-hybridized carbons (Fsp3) is 0.300. The van der Waals surface area contributed by atoms with Gasteiger partial charge in [0.05, 0.1) is 19.2 Å². The summed E-state index contributed by atoms with van der Waals surface area (Å²) in [5.41, 5.74) is 1.68. The Morgan fingerprint density at radius 2 is 1.77 bits per heavy atom. The average molecular weight is 549 g/mol. The minimum absolute atomic E-state index is 0.0939. The standard InChI is InChI=1S/C30H30F2N4O4/c1-19-16-36(20(2)18-37)29(38)26-14-22(5-4-21-6-8-23(31)9-7-21)15-33-28(26)40-27(19)17-35(3)30(39)34-25-12-10-24(32)11-13-25/h6-15,19-20,27,37H,16-18H2,1-3H3,(H,34,39)/t19-,20+,27-/m0/s1. The van der Waals surface area contributed by atoms with Crippen LogP contribution in [0, 0.1) is 29.4 Å². The third kappa shape index (κ3) is 6.93. The van der Waals surface area contributed by atoms with E-state index in [-0.39, 0.29) is 48.8 Å². The molecule has 208 valence electrons. The summed E-state index contributed by atoms with van der Waals surface area (Å²) in [7, 11) is 1.61. The molecule has 2 N–H and O–H groups in total. The fourth-order valence-electron chi connectivity index (χ4n) is 4.17. The van der Waals surface area contributed by atoms with Crippen LogP contribution in [-0.4, -0.2) is 70.7 Å². The molecule has 8 nitrogen and oxygen atoms in total. The summed E-state index contributed by atoms with van der Waals surface area (Å²) in [5.74, 6) is 4.60. The van der Waals surface area contributed by atoms with Crippen molar-refractivity contribution in [1.29, 1.82) is 0 Å². The summed E-state index contributed by atoms with van der Waals surface area (Å²) < 4.78 is 32.6. The lowest BCUT2D eigenvalue weighted by atomic mass is 10.00. The number of urea groups is 1. The molecule has 10 heteroatoms. The molecule has 2 aromatic carbocycles. The molecule has 40 heavy (non-hydrogen) atoms. The lowest BCUT2D eigenvalue weighted by molar-refractivity contribution is 0.0356. The highest BCUT2D eigenvalue weighted by Crippen LogP contribution is 2.27. The van der Waals surface area contributed by atoms with Crippen LogP contribution < -0.4 is 10.1 Å². The van der Waals surface area contributed by atoms with E-state index in [4.69, 9.17) is 4.74 Å². The Balaban J connectivity index is 1.60. The largest absolute Gasteiger partial charge is 0.472 e. The lowest BCUT2D eigenvalue weighted by Crippen LogP contribution is -2.50. The number of nitrogens with one attached hydrogen (secondary N) is 1. The molecule has 0 aliphatic carbocycles. The summed E-state index contributed by atoms with van der Waals surface area (Å²) >= 11 is 0. The van der Waals surface area contributed by atoms with Gasteiger partial charge in [0.15, 0.2) is 0 Å². The first kappa shape index (κ1) is 28.5. The smallest absolute Gasteiger partial charge is 0.321 e. The van der Waals surface area contributed by atoms with Crippen LogP contribution in [0.15, 0.2) is 60.8 Å². The molecule has 3 atom stereocenters. The van der Waals surface area contributed by atoms with Crippen LogP contribution in [0.2, 0.25) is 0 Å². The zero-order valence-corrected chi connectivity index (χ0v) is 22.4. The van der Waals surface area contributed by atoms with Crippen LogP contribution in [0.5, 0.6) is 5.88 Å². The minimum atomic E-state index is -0.548. The maximum absolute atomic E-state index is 13.6.